The smallest absolute Gasteiger partial charge is 0.181 e. The maximum Gasteiger partial charge on any atom is 0.181 e. The van der Waals surface area contributed by atoms with E-state index in [1.807, 2.05) is 37.4 Å². The molecule has 2 aromatic rings. The largest absolute Gasteiger partial charge is 0.360 e. The molecule has 0 saturated heterocycles. The number of carbonyl (C=O) groups is 1. The van der Waals surface area contributed by atoms with Crippen molar-refractivity contribution in [2.75, 3.05) is 0 Å². The Morgan fingerprint density at radius 3 is 2.67 bits per heavy atom. The second-order valence-electron chi connectivity index (χ2n) is 6.19. The molecule has 0 unspecified atom stereocenters. The van der Waals surface area contributed by atoms with Crippen LogP contribution in [0.3, 0.4) is 0 Å². The molecule has 0 amide bonds. The first-order valence-electron chi connectivity index (χ1n) is 8.12. The molecule has 2 N–H and O–H groups in total. The summed E-state index contributed by atoms with van der Waals surface area (Å²) in [5.74, 6) is 0.191. The van der Waals surface area contributed by atoms with Crippen molar-refractivity contribution in [3.05, 3.63) is 36.0 Å². The molecule has 3 rings (SSSR count). The van der Waals surface area contributed by atoms with Gasteiger partial charge in [0.05, 0.1) is 6.04 Å². The van der Waals surface area contributed by atoms with Gasteiger partial charge in [0.25, 0.3) is 0 Å². The van der Waals surface area contributed by atoms with E-state index in [2.05, 4.69) is 10.3 Å². The van der Waals surface area contributed by atoms with Crippen molar-refractivity contribution in [1.82, 2.24) is 10.3 Å². The van der Waals surface area contributed by atoms with Gasteiger partial charge in [0.2, 0.25) is 0 Å². The van der Waals surface area contributed by atoms with Crippen molar-refractivity contribution < 1.29 is 4.79 Å². The molecule has 1 atom stereocenters. The van der Waals surface area contributed by atoms with Crippen molar-refractivity contribution in [2.24, 2.45) is 0 Å². The van der Waals surface area contributed by atoms with Crippen LogP contribution in [0.25, 0.3) is 10.9 Å². The number of ketones is 1. The lowest BCUT2D eigenvalue weighted by Crippen LogP contribution is -2.41. The van der Waals surface area contributed by atoms with E-state index in [0.29, 0.717) is 6.04 Å². The zero-order valence-electron chi connectivity index (χ0n) is 12.7. The average Bonchev–Trinajstić information content (AvgIpc) is 2.76. The van der Waals surface area contributed by atoms with Crippen LogP contribution >= 0.6 is 0 Å². The first kappa shape index (κ1) is 14.3. The summed E-state index contributed by atoms with van der Waals surface area (Å²) < 4.78 is 0. The SMILES string of the molecule is C[C@@H](NC1CCCCCC1)C(=O)c1c[nH]c2ccccc12. The van der Waals surface area contributed by atoms with Crippen LogP contribution in [-0.4, -0.2) is 22.9 Å². The van der Waals surface area contributed by atoms with Gasteiger partial charge in [0, 0.05) is 28.7 Å². The van der Waals surface area contributed by atoms with E-state index >= 15 is 0 Å². The molecule has 0 radical (unpaired) electrons. The van der Waals surface area contributed by atoms with Crippen molar-refractivity contribution >= 4 is 16.7 Å². The molecule has 112 valence electrons. The third-order valence-electron chi connectivity index (χ3n) is 4.59. The molecule has 1 aliphatic rings. The molecule has 1 aliphatic carbocycles. The Morgan fingerprint density at radius 1 is 1.19 bits per heavy atom. The van der Waals surface area contributed by atoms with Gasteiger partial charge in [-0.3, -0.25) is 4.79 Å². The second kappa shape index (κ2) is 6.44. The lowest BCUT2D eigenvalue weighted by atomic mass is 10.0. The Bertz CT molecular complexity index is 608. The lowest BCUT2D eigenvalue weighted by Gasteiger charge is -2.21. The Balaban J connectivity index is 1.71. The minimum absolute atomic E-state index is 0.118. The van der Waals surface area contributed by atoms with Gasteiger partial charge in [-0.05, 0) is 25.8 Å². The number of aromatic nitrogens is 1. The summed E-state index contributed by atoms with van der Waals surface area (Å²) in [6.45, 7) is 2.00. The summed E-state index contributed by atoms with van der Waals surface area (Å²) in [6, 6.07) is 8.37. The molecule has 0 bridgehead atoms. The number of hydrogen-bond acceptors (Lipinski definition) is 2. The number of aromatic amines is 1. The molecule has 3 nitrogen and oxygen atoms in total. The van der Waals surface area contributed by atoms with E-state index in [4.69, 9.17) is 0 Å². The monoisotopic (exact) mass is 284 g/mol. The van der Waals surface area contributed by atoms with Gasteiger partial charge in [-0.15, -0.1) is 0 Å². The van der Waals surface area contributed by atoms with Gasteiger partial charge in [0.1, 0.15) is 0 Å². The van der Waals surface area contributed by atoms with Gasteiger partial charge in [-0.2, -0.15) is 0 Å². The molecule has 0 aliphatic heterocycles. The van der Waals surface area contributed by atoms with Crippen LogP contribution in [0.1, 0.15) is 55.8 Å². The molecular formula is C18H24N2O. The summed E-state index contributed by atoms with van der Waals surface area (Å²) >= 11 is 0. The number of carbonyl (C=O) groups excluding carboxylic acids is 1. The first-order chi connectivity index (χ1) is 10.3. The van der Waals surface area contributed by atoms with Crippen LogP contribution in [0, 0.1) is 0 Å². The third kappa shape index (κ3) is 3.18. The minimum atomic E-state index is -0.118. The fourth-order valence-electron chi connectivity index (χ4n) is 3.38. The first-order valence-corrected chi connectivity index (χ1v) is 8.12. The Morgan fingerprint density at radius 2 is 1.90 bits per heavy atom. The van der Waals surface area contributed by atoms with Crippen molar-refractivity contribution in [3.63, 3.8) is 0 Å². The Kier molecular flexibility index (Phi) is 4.39. The molecule has 1 aromatic carbocycles. The van der Waals surface area contributed by atoms with Crippen molar-refractivity contribution in [1.29, 1.82) is 0 Å². The van der Waals surface area contributed by atoms with Crippen LogP contribution in [0.5, 0.6) is 0 Å². The number of para-hydroxylation sites is 1. The third-order valence-corrected chi connectivity index (χ3v) is 4.59. The van der Waals surface area contributed by atoms with Gasteiger partial charge >= 0.3 is 0 Å². The van der Waals surface area contributed by atoms with Crippen LogP contribution < -0.4 is 5.32 Å². The predicted molar refractivity (Wildman–Crippen MR) is 86.7 cm³/mol. The van der Waals surface area contributed by atoms with E-state index in [9.17, 15) is 4.79 Å². The number of hydrogen-bond donors (Lipinski definition) is 2. The maximum absolute atomic E-state index is 12.7. The molecule has 1 fully saturated rings. The predicted octanol–water partition coefficient (Wildman–Crippen LogP) is 4.05. The average molecular weight is 284 g/mol. The van der Waals surface area contributed by atoms with E-state index in [1.165, 1.54) is 38.5 Å². The van der Waals surface area contributed by atoms with Crippen LogP contribution in [0.4, 0.5) is 0 Å². The summed E-state index contributed by atoms with van der Waals surface area (Å²) in [7, 11) is 0. The summed E-state index contributed by atoms with van der Waals surface area (Å²) in [6.07, 6.45) is 9.48. The highest BCUT2D eigenvalue weighted by molar-refractivity contribution is 6.10. The highest BCUT2D eigenvalue weighted by Crippen LogP contribution is 2.21. The number of H-pyrrole nitrogens is 1. The second-order valence-corrected chi connectivity index (χ2v) is 6.19. The molecule has 0 spiro atoms. The number of nitrogens with one attached hydrogen (secondary N) is 2. The molecular weight excluding hydrogens is 260 g/mol. The molecule has 21 heavy (non-hydrogen) atoms. The highest BCUT2D eigenvalue weighted by atomic mass is 16.1. The van der Waals surface area contributed by atoms with Gasteiger partial charge in [-0.1, -0.05) is 43.9 Å². The van der Waals surface area contributed by atoms with E-state index in [1.54, 1.807) is 0 Å². The van der Waals surface area contributed by atoms with Crippen LogP contribution in [-0.2, 0) is 0 Å². The van der Waals surface area contributed by atoms with Crippen LogP contribution in [0.15, 0.2) is 30.5 Å². The van der Waals surface area contributed by atoms with Gasteiger partial charge in [-0.25, -0.2) is 0 Å². The number of benzene rings is 1. The van der Waals surface area contributed by atoms with Crippen LogP contribution in [0.2, 0.25) is 0 Å². The van der Waals surface area contributed by atoms with Crippen molar-refractivity contribution in [3.8, 4) is 0 Å². The van der Waals surface area contributed by atoms with Crippen molar-refractivity contribution in [2.45, 2.75) is 57.5 Å². The topological polar surface area (TPSA) is 44.9 Å². The molecule has 1 aromatic heterocycles. The zero-order valence-corrected chi connectivity index (χ0v) is 12.7. The fourth-order valence-corrected chi connectivity index (χ4v) is 3.38. The molecule has 1 saturated carbocycles. The molecule has 3 heteroatoms. The zero-order chi connectivity index (χ0) is 14.7. The number of rotatable bonds is 4. The van der Waals surface area contributed by atoms with Gasteiger partial charge < -0.3 is 10.3 Å². The quantitative estimate of drug-likeness (QED) is 0.657. The van der Waals surface area contributed by atoms with Gasteiger partial charge in [0.15, 0.2) is 5.78 Å². The molecule has 1 heterocycles. The summed E-state index contributed by atoms with van der Waals surface area (Å²) in [5.41, 5.74) is 1.83. The lowest BCUT2D eigenvalue weighted by molar-refractivity contribution is 0.0944. The standard InChI is InChI=1S/C18H24N2O/c1-13(20-14-8-4-2-3-5-9-14)18(21)16-12-19-17-11-7-6-10-15(16)17/h6-7,10-14,19-20H,2-5,8-9H2,1H3/t13-/m1/s1. The Hall–Kier alpha value is -1.61. The normalized spacial score (nSPS) is 18.5. The number of fused-ring (bicyclic) bond motifs is 1. The fraction of sp³-hybridized carbons (Fsp3) is 0.500. The van der Waals surface area contributed by atoms with E-state index < -0.39 is 0 Å². The summed E-state index contributed by atoms with van der Waals surface area (Å²) in [4.78, 5) is 15.9. The minimum Gasteiger partial charge on any atom is -0.360 e. The van der Waals surface area contributed by atoms with E-state index in [0.717, 1.165) is 16.5 Å². The highest BCUT2D eigenvalue weighted by Gasteiger charge is 2.22. The Labute approximate surface area is 126 Å². The van der Waals surface area contributed by atoms with E-state index in [-0.39, 0.29) is 11.8 Å². The maximum atomic E-state index is 12.7. The summed E-state index contributed by atoms with van der Waals surface area (Å²) in [5, 5.41) is 4.57. The number of Topliss-reactive ketones (excluding diaryl/α,β-unsaturated/α-hetero) is 1.